The molecule has 0 unspecified atom stereocenters. The van der Waals surface area contributed by atoms with E-state index in [9.17, 15) is 0 Å². The van der Waals surface area contributed by atoms with Gasteiger partial charge in [-0.25, -0.2) is 0 Å². The largest absolute Gasteiger partial charge is 0.456 e. The van der Waals surface area contributed by atoms with Crippen LogP contribution in [-0.4, -0.2) is 11.4 Å². The molecule has 0 radical (unpaired) electrons. The monoisotopic (exact) mass is 1150 g/mol. The Morgan fingerprint density at radius 3 is 1.67 bits per heavy atom. The SMILES string of the molecule is CC(C)(C)c1ccc(N2B3c4cc5oc6ccccc6c5cc4-n4c5cc6c(cc5c5c7c(oc8ccccc87)c(c3c54)-c3cc4c(cc32)sc2cc(N(c3ccc(C(C)(C)C)cc3)c3ccc(C(C)(C)C)cc3)ccc24)C(C)(C)CCC6(C)C)cc1. The van der Waals surface area contributed by atoms with Crippen LogP contribution in [-0.2, 0) is 27.1 Å². The van der Waals surface area contributed by atoms with E-state index in [2.05, 4.69) is 280 Å². The van der Waals surface area contributed by atoms with Crippen LogP contribution in [0.1, 0.15) is 131 Å². The number of rotatable bonds is 4. The van der Waals surface area contributed by atoms with Gasteiger partial charge in [0.2, 0.25) is 0 Å². The summed E-state index contributed by atoms with van der Waals surface area (Å²) in [5.74, 6) is 0. The van der Waals surface area contributed by atoms with Gasteiger partial charge in [0.25, 0.3) is 0 Å². The van der Waals surface area contributed by atoms with Crippen molar-refractivity contribution in [3.63, 3.8) is 0 Å². The Balaban J connectivity index is 0.993. The van der Waals surface area contributed by atoms with Crippen molar-refractivity contribution >= 4 is 143 Å². The van der Waals surface area contributed by atoms with E-state index in [1.54, 1.807) is 0 Å². The maximum atomic E-state index is 7.54. The lowest BCUT2D eigenvalue weighted by Gasteiger charge is -2.42. The molecule has 0 fully saturated rings. The lowest BCUT2D eigenvalue weighted by Crippen LogP contribution is -2.60. The standard InChI is InChI=1S/C80H72BN3O2S/c1-76(2,3)45-22-28-48(29-23-45)82(49-30-24-46(25-31-49)77(4,5)6)51-34-35-53-56-39-57-63(44-69(56)87-68(53)38-51)84(50-32-26-47(27-33-50)78(7,8)9)81-61-43-67-55(52-18-14-16-20-65(52)85-67)41-64(61)83-62-42-60-59(79(10,11)36-37-80(60,12)13)40-58(62)70-71-54-19-15-17-21-66(54)86-75(71)72(57)73(81)74(70)83/h14-35,38-44H,36-37H2,1-13H3. The molecule has 0 N–H and O–H groups in total. The Labute approximate surface area is 513 Å². The van der Waals surface area contributed by atoms with Crippen LogP contribution in [0, 0.1) is 0 Å². The minimum absolute atomic E-state index is 0.000161. The quantitative estimate of drug-likeness (QED) is 0.165. The van der Waals surface area contributed by atoms with E-state index in [-0.39, 0.29) is 33.9 Å². The number of thiophene rings is 1. The van der Waals surface area contributed by atoms with Crippen molar-refractivity contribution in [1.29, 1.82) is 0 Å². The van der Waals surface area contributed by atoms with Crippen LogP contribution in [0.2, 0.25) is 0 Å². The lowest BCUT2D eigenvalue weighted by molar-refractivity contribution is 0.332. The Hall–Kier alpha value is -8.52. The number of aromatic nitrogens is 1. The highest BCUT2D eigenvalue weighted by Gasteiger charge is 2.48. The summed E-state index contributed by atoms with van der Waals surface area (Å²) in [5.41, 5.74) is 24.8. The molecule has 2 aliphatic heterocycles. The molecule has 10 aromatic carbocycles. The first-order valence-corrected chi connectivity index (χ1v) is 32.2. The number of anilines is 5. The third-order valence-corrected chi connectivity index (χ3v) is 21.6. The van der Waals surface area contributed by atoms with Crippen molar-refractivity contribution in [2.24, 2.45) is 0 Å². The summed E-state index contributed by atoms with van der Waals surface area (Å²) < 4.78 is 19.7. The van der Waals surface area contributed by atoms with Gasteiger partial charge in [-0.1, -0.05) is 169 Å². The molecule has 5 nitrogen and oxygen atoms in total. The fraction of sp³-hybridized carbons (Fsp3) is 0.250. The van der Waals surface area contributed by atoms with Gasteiger partial charge in [-0.3, -0.25) is 0 Å². The average Bonchev–Trinajstić information content (AvgIpc) is 1.55. The smallest absolute Gasteiger partial charge is 0.333 e. The molecule has 0 bridgehead atoms. The van der Waals surface area contributed by atoms with Crippen molar-refractivity contribution in [3.05, 3.63) is 204 Å². The van der Waals surface area contributed by atoms with Crippen LogP contribution >= 0.6 is 11.3 Å². The maximum Gasteiger partial charge on any atom is 0.333 e. The van der Waals surface area contributed by atoms with Gasteiger partial charge >= 0.3 is 6.85 Å². The van der Waals surface area contributed by atoms with E-state index in [1.165, 1.54) is 103 Å². The minimum Gasteiger partial charge on any atom is -0.456 e. The second kappa shape index (κ2) is 17.6. The molecule has 3 aliphatic rings. The van der Waals surface area contributed by atoms with Crippen molar-refractivity contribution in [1.82, 2.24) is 4.57 Å². The zero-order chi connectivity index (χ0) is 59.7. The molecule has 0 atom stereocenters. The highest BCUT2D eigenvalue weighted by Crippen LogP contribution is 2.56. The molecule has 17 rings (SSSR count). The van der Waals surface area contributed by atoms with Crippen molar-refractivity contribution in [2.75, 3.05) is 9.71 Å². The summed E-state index contributed by atoms with van der Waals surface area (Å²) >= 11 is 1.89. The van der Waals surface area contributed by atoms with Crippen LogP contribution in [0.3, 0.4) is 0 Å². The molecule has 0 saturated carbocycles. The summed E-state index contributed by atoms with van der Waals surface area (Å²) in [4.78, 5) is 5.12. The minimum atomic E-state index is -0.263. The average molecular weight is 1150 g/mol. The maximum absolute atomic E-state index is 7.54. The van der Waals surface area contributed by atoms with Gasteiger partial charge in [0.05, 0.1) is 11.0 Å². The number of fused-ring (bicyclic) bond motifs is 20. The highest BCUT2D eigenvalue weighted by molar-refractivity contribution is 7.26. The van der Waals surface area contributed by atoms with Crippen LogP contribution in [0.4, 0.5) is 28.4 Å². The normalized spacial score (nSPS) is 15.5. The van der Waals surface area contributed by atoms with Gasteiger partial charge < -0.3 is 23.1 Å². The molecule has 87 heavy (non-hydrogen) atoms. The van der Waals surface area contributed by atoms with Crippen LogP contribution in [0.15, 0.2) is 185 Å². The predicted molar refractivity (Wildman–Crippen MR) is 373 cm³/mol. The fourth-order valence-corrected chi connectivity index (χ4v) is 16.7. The summed E-state index contributed by atoms with van der Waals surface area (Å²) in [6.45, 7) is 30.3. The Morgan fingerprint density at radius 1 is 0.471 bits per heavy atom. The van der Waals surface area contributed by atoms with Gasteiger partial charge in [-0.15, -0.1) is 11.3 Å². The zero-order valence-electron chi connectivity index (χ0n) is 52.3. The Bertz CT molecular complexity index is 5220. The summed E-state index contributed by atoms with van der Waals surface area (Å²) in [5, 5.41) is 9.63. The number of nitrogens with zero attached hydrogens (tertiary/aromatic N) is 3. The molecule has 7 heteroatoms. The molecule has 0 saturated heterocycles. The number of hydrogen-bond acceptors (Lipinski definition) is 5. The molecule has 1 aliphatic carbocycles. The summed E-state index contributed by atoms with van der Waals surface area (Å²) in [7, 11) is 0. The van der Waals surface area contributed by atoms with Crippen LogP contribution in [0.25, 0.3) is 103 Å². The topological polar surface area (TPSA) is 37.7 Å². The van der Waals surface area contributed by atoms with E-state index in [1.807, 2.05) is 11.3 Å². The van der Waals surface area contributed by atoms with Gasteiger partial charge in [0.15, 0.2) is 0 Å². The fourth-order valence-electron chi connectivity index (χ4n) is 15.5. The van der Waals surface area contributed by atoms with E-state index in [4.69, 9.17) is 8.83 Å². The van der Waals surface area contributed by atoms with E-state index < -0.39 is 0 Å². The summed E-state index contributed by atoms with van der Waals surface area (Å²) in [6.07, 6.45) is 2.27. The van der Waals surface area contributed by atoms with Crippen LogP contribution in [0.5, 0.6) is 0 Å². The van der Waals surface area contributed by atoms with E-state index in [0.717, 1.165) is 79.8 Å². The van der Waals surface area contributed by atoms with E-state index >= 15 is 0 Å². The first kappa shape index (κ1) is 52.8. The molecule has 14 aromatic rings. The van der Waals surface area contributed by atoms with Gasteiger partial charge in [0, 0.05) is 97.7 Å². The number of para-hydroxylation sites is 2. The van der Waals surface area contributed by atoms with Crippen LogP contribution < -0.4 is 20.6 Å². The number of hydrogen-bond donors (Lipinski definition) is 0. The third kappa shape index (κ3) is 7.57. The number of furan rings is 2. The van der Waals surface area contributed by atoms with Gasteiger partial charge in [0.1, 0.15) is 22.3 Å². The molecule has 6 heterocycles. The van der Waals surface area contributed by atoms with E-state index in [0.29, 0.717) is 0 Å². The first-order valence-electron chi connectivity index (χ1n) is 31.4. The molecular formula is C80H72BN3O2S. The van der Waals surface area contributed by atoms with Crippen molar-refractivity contribution in [2.45, 2.75) is 130 Å². The Kier molecular flexibility index (Phi) is 10.7. The molecule has 4 aromatic heterocycles. The molecular weight excluding hydrogens is 1080 g/mol. The third-order valence-electron chi connectivity index (χ3n) is 20.5. The van der Waals surface area contributed by atoms with Crippen molar-refractivity contribution in [3.8, 4) is 16.8 Å². The lowest BCUT2D eigenvalue weighted by atomic mass is 9.43. The van der Waals surface area contributed by atoms with Gasteiger partial charge in [-0.2, -0.15) is 0 Å². The van der Waals surface area contributed by atoms with Crippen molar-refractivity contribution < 1.29 is 8.83 Å². The summed E-state index contributed by atoms with van der Waals surface area (Å²) in [6, 6.07) is 67.5. The highest BCUT2D eigenvalue weighted by atomic mass is 32.1. The first-order chi connectivity index (χ1) is 41.5. The second-order valence-corrected chi connectivity index (χ2v) is 31.1. The number of benzene rings is 10. The molecule has 0 spiro atoms. The second-order valence-electron chi connectivity index (χ2n) is 30.0. The molecule has 0 amide bonds. The zero-order valence-corrected chi connectivity index (χ0v) is 53.1. The van der Waals surface area contributed by atoms with Gasteiger partial charge in [-0.05, 0) is 176 Å². The Morgan fingerprint density at radius 2 is 1.03 bits per heavy atom. The molecule has 428 valence electrons. The predicted octanol–water partition coefficient (Wildman–Crippen LogP) is 21.9.